The average molecular weight is 231 g/mol. The summed E-state index contributed by atoms with van der Waals surface area (Å²) in [6.07, 6.45) is 1.16. The molecular weight excluding hydrogens is 210 g/mol. The fourth-order valence-corrected chi connectivity index (χ4v) is 1.11. The Labute approximate surface area is 95.8 Å². The number of hydrogen-bond acceptors (Lipinski definition) is 4. The van der Waals surface area contributed by atoms with E-state index in [1.165, 1.54) is 0 Å². The predicted molar refractivity (Wildman–Crippen MR) is 61.0 cm³/mol. The Balaban J connectivity index is 3.47. The molecule has 0 spiro atoms. The molecule has 0 unspecified atom stereocenters. The van der Waals surface area contributed by atoms with Crippen molar-refractivity contribution in [2.24, 2.45) is 5.73 Å². The molecule has 0 radical (unpaired) electrons. The number of nitrogens with one attached hydrogen (secondary N) is 1. The van der Waals surface area contributed by atoms with Gasteiger partial charge in [-0.2, -0.15) is 0 Å². The van der Waals surface area contributed by atoms with Crippen molar-refractivity contribution in [2.75, 3.05) is 27.2 Å². The van der Waals surface area contributed by atoms with Crippen LogP contribution in [0.3, 0.4) is 0 Å². The molecule has 0 aromatic rings. The zero-order chi connectivity index (χ0) is 12.6. The molecule has 94 valence electrons. The van der Waals surface area contributed by atoms with Gasteiger partial charge in [-0.15, -0.1) is 0 Å². The second-order valence-corrected chi connectivity index (χ2v) is 3.99. The first-order valence-corrected chi connectivity index (χ1v) is 5.33. The molecule has 6 nitrogen and oxygen atoms in total. The van der Waals surface area contributed by atoms with E-state index in [9.17, 15) is 9.59 Å². The summed E-state index contributed by atoms with van der Waals surface area (Å²) in [6.45, 7) is 1.40. The van der Waals surface area contributed by atoms with Gasteiger partial charge in [0.15, 0.2) is 0 Å². The molecule has 0 saturated heterocycles. The van der Waals surface area contributed by atoms with E-state index in [1.807, 2.05) is 19.0 Å². The highest BCUT2D eigenvalue weighted by atomic mass is 16.4. The minimum absolute atomic E-state index is 0.0561. The lowest BCUT2D eigenvalue weighted by Crippen LogP contribution is -2.32. The van der Waals surface area contributed by atoms with Crippen molar-refractivity contribution in [2.45, 2.75) is 25.3 Å². The number of carboxylic acid groups (broad SMARTS) is 1. The SMILES string of the molecule is CN(C)CCNC(=O)CCC[C@H](N)C(=O)O. The first-order valence-electron chi connectivity index (χ1n) is 5.33. The van der Waals surface area contributed by atoms with E-state index in [4.69, 9.17) is 10.8 Å². The van der Waals surface area contributed by atoms with Gasteiger partial charge in [-0.3, -0.25) is 9.59 Å². The summed E-state index contributed by atoms with van der Waals surface area (Å²) in [6, 6.07) is -0.866. The molecule has 0 bridgehead atoms. The molecule has 0 aromatic heterocycles. The Kier molecular flexibility index (Phi) is 7.49. The lowest BCUT2D eigenvalue weighted by molar-refractivity contribution is -0.138. The summed E-state index contributed by atoms with van der Waals surface area (Å²) in [4.78, 5) is 23.6. The van der Waals surface area contributed by atoms with E-state index in [0.717, 1.165) is 6.54 Å². The maximum atomic E-state index is 11.3. The van der Waals surface area contributed by atoms with Crippen LogP contribution in [0.25, 0.3) is 0 Å². The van der Waals surface area contributed by atoms with Crippen LogP contribution >= 0.6 is 0 Å². The summed E-state index contributed by atoms with van der Waals surface area (Å²) in [5.41, 5.74) is 5.30. The topological polar surface area (TPSA) is 95.7 Å². The maximum absolute atomic E-state index is 11.3. The van der Waals surface area contributed by atoms with E-state index in [2.05, 4.69) is 5.32 Å². The fraction of sp³-hybridized carbons (Fsp3) is 0.800. The summed E-state index contributed by atoms with van der Waals surface area (Å²) in [5.74, 6) is -1.08. The van der Waals surface area contributed by atoms with Gasteiger partial charge in [-0.25, -0.2) is 0 Å². The quantitative estimate of drug-likeness (QED) is 0.510. The van der Waals surface area contributed by atoms with Crippen LogP contribution in [-0.2, 0) is 9.59 Å². The van der Waals surface area contributed by atoms with Crippen molar-refractivity contribution < 1.29 is 14.7 Å². The molecule has 1 amide bonds. The van der Waals surface area contributed by atoms with Crippen molar-refractivity contribution in [3.8, 4) is 0 Å². The van der Waals surface area contributed by atoms with Crippen molar-refractivity contribution in [1.29, 1.82) is 0 Å². The van der Waals surface area contributed by atoms with Crippen molar-refractivity contribution >= 4 is 11.9 Å². The first kappa shape index (κ1) is 14.9. The predicted octanol–water partition coefficient (Wildman–Crippen LogP) is -0.754. The normalized spacial score (nSPS) is 12.5. The molecule has 0 saturated carbocycles. The maximum Gasteiger partial charge on any atom is 0.320 e. The summed E-state index contributed by atoms with van der Waals surface area (Å²) >= 11 is 0. The molecule has 0 aliphatic heterocycles. The zero-order valence-electron chi connectivity index (χ0n) is 9.90. The number of carbonyl (C=O) groups is 2. The number of carboxylic acids is 1. The van der Waals surface area contributed by atoms with Crippen molar-refractivity contribution in [3.05, 3.63) is 0 Å². The number of hydrogen-bond donors (Lipinski definition) is 3. The zero-order valence-corrected chi connectivity index (χ0v) is 9.90. The number of carbonyl (C=O) groups excluding carboxylic acids is 1. The van der Waals surface area contributed by atoms with E-state index >= 15 is 0 Å². The third-order valence-electron chi connectivity index (χ3n) is 2.12. The molecule has 6 heteroatoms. The van der Waals surface area contributed by atoms with Crippen LogP contribution in [0.4, 0.5) is 0 Å². The van der Waals surface area contributed by atoms with Crippen molar-refractivity contribution in [1.82, 2.24) is 10.2 Å². The molecule has 4 N–H and O–H groups in total. The van der Waals surface area contributed by atoms with Crippen LogP contribution in [0.2, 0.25) is 0 Å². The Bertz CT molecular complexity index is 231. The molecule has 0 aliphatic carbocycles. The van der Waals surface area contributed by atoms with Gasteiger partial charge in [-0.05, 0) is 26.9 Å². The number of rotatable bonds is 8. The fourth-order valence-electron chi connectivity index (χ4n) is 1.11. The lowest BCUT2D eigenvalue weighted by atomic mass is 10.1. The highest BCUT2D eigenvalue weighted by Crippen LogP contribution is 1.99. The smallest absolute Gasteiger partial charge is 0.320 e. The molecule has 0 rings (SSSR count). The van der Waals surface area contributed by atoms with Crippen LogP contribution in [-0.4, -0.2) is 55.1 Å². The molecule has 16 heavy (non-hydrogen) atoms. The average Bonchev–Trinajstić information content (AvgIpc) is 2.16. The van der Waals surface area contributed by atoms with Crippen LogP contribution in [0.15, 0.2) is 0 Å². The minimum Gasteiger partial charge on any atom is -0.480 e. The van der Waals surface area contributed by atoms with Crippen LogP contribution in [0.1, 0.15) is 19.3 Å². The number of nitrogens with two attached hydrogens (primary N) is 1. The van der Waals surface area contributed by atoms with Gasteiger partial charge in [0.25, 0.3) is 0 Å². The van der Waals surface area contributed by atoms with Gasteiger partial charge in [-0.1, -0.05) is 0 Å². The molecule has 1 atom stereocenters. The molecule has 0 aromatic carbocycles. The summed E-state index contributed by atoms with van der Waals surface area (Å²) in [7, 11) is 3.86. The van der Waals surface area contributed by atoms with Gasteiger partial charge < -0.3 is 21.1 Å². The van der Waals surface area contributed by atoms with Crippen LogP contribution in [0, 0.1) is 0 Å². The van der Waals surface area contributed by atoms with E-state index in [-0.39, 0.29) is 5.91 Å². The molecular formula is C10H21N3O3. The highest BCUT2D eigenvalue weighted by molar-refractivity contribution is 5.76. The Morgan fingerprint density at radius 1 is 1.44 bits per heavy atom. The van der Waals surface area contributed by atoms with Gasteiger partial charge in [0.05, 0.1) is 0 Å². The second kappa shape index (κ2) is 8.06. The first-order chi connectivity index (χ1) is 7.43. The van der Waals surface area contributed by atoms with E-state index in [0.29, 0.717) is 25.8 Å². The number of likely N-dealkylation sites (N-methyl/N-ethyl adjacent to an activating group) is 1. The number of aliphatic carboxylic acids is 1. The second-order valence-electron chi connectivity index (χ2n) is 3.99. The number of nitrogens with zero attached hydrogens (tertiary/aromatic N) is 1. The Morgan fingerprint density at radius 3 is 2.56 bits per heavy atom. The van der Waals surface area contributed by atoms with Gasteiger partial charge >= 0.3 is 5.97 Å². The van der Waals surface area contributed by atoms with Gasteiger partial charge in [0.1, 0.15) is 6.04 Å². The third-order valence-corrected chi connectivity index (χ3v) is 2.12. The van der Waals surface area contributed by atoms with E-state index in [1.54, 1.807) is 0 Å². The third kappa shape index (κ3) is 8.19. The van der Waals surface area contributed by atoms with Gasteiger partial charge in [0, 0.05) is 19.5 Å². The monoisotopic (exact) mass is 231 g/mol. The number of amides is 1. The Morgan fingerprint density at radius 2 is 2.06 bits per heavy atom. The van der Waals surface area contributed by atoms with Crippen LogP contribution < -0.4 is 11.1 Å². The van der Waals surface area contributed by atoms with Gasteiger partial charge in [0.2, 0.25) is 5.91 Å². The lowest BCUT2D eigenvalue weighted by Gasteiger charge is -2.10. The summed E-state index contributed by atoms with van der Waals surface area (Å²) < 4.78 is 0. The summed E-state index contributed by atoms with van der Waals surface area (Å²) in [5, 5.41) is 11.3. The molecule has 0 aliphatic rings. The van der Waals surface area contributed by atoms with Crippen LogP contribution in [0.5, 0.6) is 0 Å². The van der Waals surface area contributed by atoms with Crippen molar-refractivity contribution in [3.63, 3.8) is 0 Å². The molecule has 0 heterocycles. The Hall–Kier alpha value is -1.14. The molecule has 0 fully saturated rings. The minimum atomic E-state index is -1.02. The largest absolute Gasteiger partial charge is 0.480 e. The van der Waals surface area contributed by atoms with E-state index < -0.39 is 12.0 Å². The standard InChI is InChI=1S/C10H21N3O3/c1-13(2)7-6-12-9(14)5-3-4-8(11)10(15)16/h8H,3-7,11H2,1-2H3,(H,12,14)(H,15,16)/t8-/m0/s1. The highest BCUT2D eigenvalue weighted by Gasteiger charge is 2.11.